The van der Waals surface area contributed by atoms with Crippen LogP contribution in [-0.2, 0) is 29.3 Å². The lowest BCUT2D eigenvalue weighted by molar-refractivity contribution is -0.138. The van der Waals surface area contributed by atoms with Crippen molar-refractivity contribution >= 4 is 21.6 Å². The molecule has 12 nitrogen and oxygen atoms in total. The summed E-state index contributed by atoms with van der Waals surface area (Å²) in [6.45, 7) is 10.1. The number of nitrogens with one attached hydrogen (secondary N) is 1. The Hall–Kier alpha value is -5.94. The quantitative estimate of drug-likeness (QED) is 0.0849. The van der Waals surface area contributed by atoms with Crippen molar-refractivity contribution in [1.29, 1.82) is 0 Å². The van der Waals surface area contributed by atoms with Gasteiger partial charge in [0.2, 0.25) is 21.9 Å². The molecule has 1 amide bonds. The number of alkyl halides is 3. The van der Waals surface area contributed by atoms with Crippen molar-refractivity contribution in [3.63, 3.8) is 0 Å². The zero-order valence-corrected chi connectivity index (χ0v) is 35.3. The molecule has 2 heterocycles. The third-order valence-corrected chi connectivity index (χ3v) is 10.2. The molecule has 2 aromatic heterocycles. The Morgan fingerprint density at radius 3 is 1.81 bits per heavy atom. The molecular weight excluding hydrogens is 797 g/mol. The summed E-state index contributed by atoms with van der Waals surface area (Å²) >= 11 is 0. The summed E-state index contributed by atoms with van der Waals surface area (Å²) < 4.78 is 113. The predicted molar refractivity (Wildman–Crippen MR) is 216 cm³/mol. The van der Waals surface area contributed by atoms with Gasteiger partial charge in [-0.15, -0.1) is 0 Å². The molecule has 3 aromatic carbocycles. The molecule has 0 saturated carbocycles. The number of hydrogen-bond acceptors (Lipinski definition) is 10. The second kappa shape index (κ2) is 21.2. The number of sulfonamides is 1. The first-order valence-corrected chi connectivity index (χ1v) is 19.7. The standard InChI is InChI=1S/C38H36F4N4O8S.2C2H6/c1-22-30(38(40,41)42)19-43-37(54-31-14-15-34(39)44-23(31)2)35(22)36(47)45-26-8-7-9-29(16-26)55(48,49)46(20-24-10-12-27(50-3)17-32(24)52-5)21-25-11-13-28(51-4)18-33(25)53-6;2*1-2/h7-19H,20-21H2,1-6H3,(H,45,47);2*1-2H3. The maximum atomic E-state index is 14.5. The normalized spacial score (nSPS) is 11.0. The molecule has 318 valence electrons. The number of aromatic nitrogens is 2. The van der Waals surface area contributed by atoms with Gasteiger partial charge in [-0.25, -0.2) is 18.4 Å². The molecule has 17 heteroatoms. The summed E-state index contributed by atoms with van der Waals surface area (Å²) in [4.78, 5) is 21.0. The smallest absolute Gasteiger partial charge is 0.418 e. The average Bonchev–Trinajstić information content (AvgIpc) is 3.22. The largest absolute Gasteiger partial charge is 0.497 e. The summed E-state index contributed by atoms with van der Waals surface area (Å²) in [5.74, 6) is -0.795. The first-order chi connectivity index (χ1) is 28.1. The number of halogens is 4. The number of benzene rings is 3. The van der Waals surface area contributed by atoms with Crippen molar-refractivity contribution in [2.75, 3.05) is 33.8 Å². The fraction of sp³-hybridized carbons (Fsp3) is 0.310. The Balaban J connectivity index is 0.00000225. The van der Waals surface area contributed by atoms with Crippen molar-refractivity contribution < 1.29 is 54.5 Å². The van der Waals surface area contributed by atoms with E-state index in [9.17, 15) is 30.8 Å². The maximum absolute atomic E-state index is 14.5. The van der Waals surface area contributed by atoms with Crippen molar-refractivity contribution in [2.45, 2.75) is 65.7 Å². The number of methoxy groups -OCH3 is 4. The highest BCUT2D eigenvalue weighted by molar-refractivity contribution is 7.89. The van der Waals surface area contributed by atoms with E-state index >= 15 is 0 Å². The molecule has 1 N–H and O–H groups in total. The molecule has 0 aliphatic heterocycles. The van der Waals surface area contributed by atoms with Gasteiger partial charge in [-0.2, -0.15) is 21.9 Å². The van der Waals surface area contributed by atoms with E-state index in [1.54, 1.807) is 36.4 Å². The van der Waals surface area contributed by atoms with Gasteiger partial charge in [0.15, 0.2) is 5.75 Å². The van der Waals surface area contributed by atoms with Crippen molar-refractivity contribution in [1.82, 2.24) is 14.3 Å². The number of nitrogens with zero attached hydrogens (tertiary/aromatic N) is 3. The molecule has 0 spiro atoms. The van der Waals surface area contributed by atoms with Gasteiger partial charge in [0, 0.05) is 48.2 Å². The van der Waals surface area contributed by atoms with E-state index in [0.717, 1.165) is 13.0 Å². The van der Waals surface area contributed by atoms with Crippen LogP contribution in [-0.4, -0.2) is 57.0 Å². The first kappa shape index (κ1) is 47.4. The molecule has 5 rings (SSSR count). The molecule has 0 atom stereocenters. The molecule has 0 bridgehead atoms. The van der Waals surface area contributed by atoms with Gasteiger partial charge in [-0.3, -0.25) is 4.79 Å². The zero-order valence-electron chi connectivity index (χ0n) is 34.4. The maximum Gasteiger partial charge on any atom is 0.418 e. The second-order valence-electron chi connectivity index (χ2n) is 11.9. The van der Waals surface area contributed by atoms with E-state index in [1.807, 2.05) is 27.7 Å². The summed E-state index contributed by atoms with van der Waals surface area (Å²) in [5.41, 5.74) is -1.34. The minimum absolute atomic E-state index is 0.0488. The van der Waals surface area contributed by atoms with E-state index in [0.29, 0.717) is 40.3 Å². The number of ether oxygens (including phenoxy) is 5. The number of aryl methyl sites for hydroxylation is 1. The van der Waals surface area contributed by atoms with Gasteiger partial charge in [0.05, 0.1) is 44.6 Å². The van der Waals surface area contributed by atoms with Gasteiger partial charge in [-0.05, 0) is 61.9 Å². The zero-order chi connectivity index (χ0) is 44.1. The summed E-state index contributed by atoms with van der Waals surface area (Å²) in [5, 5.41) is 2.49. The molecule has 0 aliphatic rings. The Bertz CT molecular complexity index is 2270. The Labute approximate surface area is 342 Å². The van der Waals surface area contributed by atoms with Gasteiger partial charge in [-0.1, -0.05) is 45.9 Å². The predicted octanol–water partition coefficient (Wildman–Crippen LogP) is 9.77. The van der Waals surface area contributed by atoms with Crippen molar-refractivity contribution in [3.05, 3.63) is 118 Å². The van der Waals surface area contributed by atoms with Gasteiger partial charge >= 0.3 is 6.18 Å². The molecular formula is C42H48F4N4O8S. The third-order valence-electron chi connectivity index (χ3n) is 8.46. The molecule has 0 fully saturated rings. The van der Waals surface area contributed by atoms with Crippen molar-refractivity contribution in [3.8, 4) is 34.6 Å². The van der Waals surface area contributed by atoms with E-state index in [1.165, 1.54) is 70.0 Å². The minimum atomic E-state index is -4.88. The van der Waals surface area contributed by atoms with Crippen LogP contribution >= 0.6 is 0 Å². The van der Waals surface area contributed by atoms with Gasteiger partial charge in [0.25, 0.3) is 5.91 Å². The number of amides is 1. The van der Waals surface area contributed by atoms with Crippen LogP contribution in [0.2, 0.25) is 0 Å². The van der Waals surface area contributed by atoms with Crippen LogP contribution in [0.4, 0.5) is 23.2 Å². The van der Waals surface area contributed by atoms with E-state index in [2.05, 4.69) is 15.3 Å². The van der Waals surface area contributed by atoms with Crippen LogP contribution in [0.1, 0.15) is 66.0 Å². The molecule has 5 aromatic rings. The average molecular weight is 845 g/mol. The van der Waals surface area contributed by atoms with Crippen LogP contribution in [0.5, 0.6) is 34.6 Å². The Morgan fingerprint density at radius 2 is 1.32 bits per heavy atom. The highest BCUT2D eigenvalue weighted by Crippen LogP contribution is 2.38. The van der Waals surface area contributed by atoms with Gasteiger partial charge in [0.1, 0.15) is 28.6 Å². The summed E-state index contributed by atoms with van der Waals surface area (Å²) in [6.07, 6.45) is -4.36. The number of carbonyl (C=O) groups is 1. The molecule has 59 heavy (non-hydrogen) atoms. The Morgan fingerprint density at radius 1 is 0.763 bits per heavy atom. The SMILES string of the molecule is CC.CC.COc1ccc(CN(Cc2ccc(OC)cc2OC)S(=O)(=O)c2cccc(NC(=O)c3c(Oc4ccc(F)nc4C)ncc(C(F)(F)F)c3C)c2)c(OC)c1. The monoisotopic (exact) mass is 844 g/mol. The number of anilines is 1. The van der Waals surface area contributed by atoms with Crippen molar-refractivity contribution in [2.24, 2.45) is 0 Å². The van der Waals surface area contributed by atoms with Crippen LogP contribution in [0.25, 0.3) is 0 Å². The number of rotatable bonds is 14. The third kappa shape index (κ3) is 11.6. The van der Waals surface area contributed by atoms with Crippen LogP contribution in [0.15, 0.2) is 83.9 Å². The fourth-order valence-electron chi connectivity index (χ4n) is 5.59. The van der Waals surface area contributed by atoms with E-state index in [4.69, 9.17) is 23.7 Å². The summed E-state index contributed by atoms with van der Waals surface area (Å²) in [7, 11) is 1.43. The first-order valence-electron chi connectivity index (χ1n) is 18.3. The lowest BCUT2D eigenvalue weighted by Gasteiger charge is -2.25. The summed E-state index contributed by atoms with van der Waals surface area (Å²) in [6, 6.07) is 17.2. The highest BCUT2D eigenvalue weighted by atomic mass is 32.2. The Kier molecular flexibility index (Phi) is 17.0. The lowest BCUT2D eigenvalue weighted by Crippen LogP contribution is -2.30. The minimum Gasteiger partial charge on any atom is -0.497 e. The number of carbonyl (C=O) groups excluding carboxylic acids is 1. The molecule has 0 saturated heterocycles. The van der Waals surface area contributed by atoms with Crippen LogP contribution in [0, 0.1) is 19.8 Å². The number of pyridine rings is 2. The molecule has 0 unspecified atom stereocenters. The van der Waals surface area contributed by atoms with E-state index < -0.39 is 50.6 Å². The lowest BCUT2D eigenvalue weighted by atomic mass is 10.0. The number of hydrogen-bond donors (Lipinski definition) is 1. The van der Waals surface area contributed by atoms with Gasteiger partial charge < -0.3 is 29.0 Å². The van der Waals surface area contributed by atoms with Crippen LogP contribution in [0.3, 0.4) is 0 Å². The molecule has 0 aliphatic carbocycles. The highest BCUT2D eigenvalue weighted by Gasteiger charge is 2.36. The van der Waals surface area contributed by atoms with Crippen LogP contribution < -0.4 is 29.0 Å². The fourth-order valence-corrected chi connectivity index (χ4v) is 7.03. The second-order valence-corrected chi connectivity index (χ2v) is 13.8. The van der Waals surface area contributed by atoms with E-state index in [-0.39, 0.29) is 35.1 Å². The topological polar surface area (TPSA) is 138 Å². The molecule has 0 radical (unpaired) electrons.